The SMILES string of the molecule is CC(=O)Oc1ccc(N2C(=O)[C@@H]3C4c5ccccc5C(C)(c5ccccc54)[C@@H]3C2=O)cc1. The maximum atomic E-state index is 13.8. The Balaban J connectivity index is 1.50. The molecule has 2 amide bonds. The van der Waals surface area contributed by atoms with Crippen LogP contribution in [0.2, 0.25) is 0 Å². The zero-order valence-electron chi connectivity index (χ0n) is 17.7. The molecule has 1 aliphatic heterocycles. The highest BCUT2D eigenvalue weighted by atomic mass is 16.5. The molecule has 2 atom stereocenters. The second-order valence-corrected chi connectivity index (χ2v) is 8.96. The van der Waals surface area contributed by atoms with Gasteiger partial charge in [0.2, 0.25) is 11.8 Å². The number of esters is 1. The summed E-state index contributed by atoms with van der Waals surface area (Å²) in [7, 11) is 0. The second-order valence-electron chi connectivity index (χ2n) is 8.96. The van der Waals surface area contributed by atoms with Gasteiger partial charge in [-0.15, -0.1) is 0 Å². The summed E-state index contributed by atoms with van der Waals surface area (Å²) in [4.78, 5) is 40.2. The van der Waals surface area contributed by atoms with E-state index in [1.165, 1.54) is 11.8 Å². The summed E-state index contributed by atoms with van der Waals surface area (Å²) in [6.45, 7) is 3.44. The minimum Gasteiger partial charge on any atom is -0.427 e. The Morgan fingerprint density at radius 2 is 1.41 bits per heavy atom. The van der Waals surface area contributed by atoms with Gasteiger partial charge in [0.05, 0.1) is 17.5 Å². The molecule has 158 valence electrons. The lowest BCUT2D eigenvalue weighted by molar-refractivity contribution is -0.132. The smallest absolute Gasteiger partial charge is 0.308 e. The first kappa shape index (κ1) is 19.0. The van der Waals surface area contributed by atoms with Gasteiger partial charge in [-0.1, -0.05) is 55.5 Å². The van der Waals surface area contributed by atoms with Gasteiger partial charge in [0, 0.05) is 18.3 Å². The van der Waals surface area contributed by atoms with Gasteiger partial charge >= 0.3 is 5.97 Å². The molecule has 0 aromatic heterocycles. The molecular formula is C27H21NO4. The summed E-state index contributed by atoms with van der Waals surface area (Å²) in [5, 5.41) is 0. The number of imide groups is 1. The monoisotopic (exact) mass is 423 g/mol. The summed E-state index contributed by atoms with van der Waals surface area (Å²) < 4.78 is 5.10. The van der Waals surface area contributed by atoms with Gasteiger partial charge in [0.1, 0.15) is 5.75 Å². The molecule has 0 N–H and O–H groups in total. The maximum absolute atomic E-state index is 13.8. The van der Waals surface area contributed by atoms with Crippen molar-refractivity contribution in [3.63, 3.8) is 0 Å². The lowest BCUT2D eigenvalue weighted by atomic mass is 9.48. The van der Waals surface area contributed by atoms with Crippen LogP contribution in [0.4, 0.5) is 5.69 Å². The van der Waals surface area contributed by atoms with Crippen LogP contribution >= 0.6 is 0 Å². The number of carbonyl (C=O) groups is 3. The number of carbonyl (C=O) groups excluding carboxylic acids is 3. The molecule has 5 heteroatoms. The first-order chi connectivity index (χ1) is 15.4. The zero-order chi connectivity index (χ0) is 22.2. The van der Waals surface area contributed by atoms with Gasteiger partial charge < -0.3 is 4.74 Å². The molecule has 1 fully saturated rings. The van der Waals surface area contributed by atoms with E-state index in [9.17, 15) is 14.4 Å². The van der Waals surface area contributed by atoms with E-state index >= 15 is 0 Å². The van der Waals surface area contributed by atoms with Crippen LogP contribution in [0, 0.1) is 11.8 Å². The summed E-state index contributed by atoms with van der Waals surface area (Å²) >= 11 is 0. The fraction of sp³-hybridized carbons (Fsp3) is 0.222. The number of ether oxygens (including phenoxy) is 1. The van der Waals surface area contributed by atoms with Crippen molar-refractivity contribution in [2.75, 3.05) is 4.90 Å². The van der Waals surface area contributed by atoms with Crippen molar-refractivity contribution in [1.82, 2.24) is 0 Å². The Morgan fingerprint density at radius 3 is 1.97 bits per heavy atom. The van der Waals surface area contributed by atoms with E-state index in [4.69, 9.17) is 4.74 Å². The summed E-state index contributed by atoms with van der Waals surface area (Å²) in [6.07, 6.45) is 0. The van der Waals surface area contributed by atoms with E-state index in [0.717, 1.165) is 22.3 Å². The highest BCUT2D eigenvalue weighted by molar-refractivity contribution is 6.23. The summed E-state index contributed by atoms with van der Waals surface area (Å²) in [6, 6.07) is 23.0. The standard InChI is InChI=1S/C27H21NO4/c1-15(29)32-17-13-11-16(12-14-17)28-25(30)23-22-18-7-3-5-9-20(18)27(2,24(23)26(28)31)21-10-6-4-8-19(21)22/h3-14,22-24H,1-2H3/t22?,23-,24+,27?/m1/s1. The summed E-state index contributed by atoms with van der Waals surface area (Å²) in [5.74, 6) is -1.42. The van der Waals surface area contributed by atoms with E-state index in [1.54, 1.807) is 24.3 Å². The van der Waals surface area contributed by atoms with Crippen LogP contribution in [-0.4, -0.2) is 17.8 Å². The Morgan fingerprint density at radius 1 is 0.844 bits per heavy atom. The van der Waals surface area contributed by atoms with E-state index in [0.29, 0.717) is 11.4 Å². The van der Waals surface area contributed by atoms with Gasteiger partial charge in [0.15, 0.2) is 0 Å². The highest BCUT2D eigenvalue weighted by Crippen LogP contribution is 2.64. The maximum Gasteiger partial charge on any atom is 0.308 e. The molecule has 0 unspecified atom stereocenters. The minimum absolute atomic E-state index is 0.143. The third-order valence-corrected chi connectivity index (χ3v) is 7.40. The molecule has 4 aliphatic rings. The van der Waals surface area contributed by atoms with E-state index in [-0.39, 0.29) is 17.7 Å². The lowest BCUT2D eigenvalue weighted by Gasteiger charge is -2.52. The van der Waals surface area contributed by atoms with Crippen molar-refractivity contribution in [3.8, 4) is 5.75 Å². The molecule has 0 saturated carbocycles. The number of hydrogen-bond acceptors (Lipinski definition) is 4. The quantitative estimate of drug-likeness (QED) is 0.352. The largest absolute Gasteiger partial charge is 0.427 e. The number of anilines is 1. The molecule has 32 heavy (non-hydrogen) atoms. The molecule has 2 bridgehead atoms. The Hall–Kier alpha value is -3.73. The molecule has 3 aromatic carbocycles. The molecule has 0 spiro atoms. The first-order valence-corrected chi connectivity index (χ1v) is 10.8. The van der Waals surface area contributed by atoms with Crippen LogP contribution in [-0.2, 0) is 19.8 Å². The number of amides is 2. The van der Waals surface area contributed by atoms with Crippen LogP contribution in [0.3, 0.4) is 0 Å². The van der Waals surface area contributed by atoms with Crippen molar-refractivity contribution >= 4 is 23.5 Å². The fourth-order valence-electron chi connectivity index (χ4n) is 6.23. The molecule has 7 rings (SSSR count). The van der Waals surface area contributed by atoms with Gasteiger partial charge in [-0.25, -0.2) is 4.90 Å². The number of rotatable bonds is 2. The molecular weight excluding hydrogens is 402 g/mol. The minimum atomic E-state index is -0.578. The van der Waals surface area contributed by atoms with Gasteiger partial charge in [0.25, 0.3) is 0 Å². The Labute approximate surface area is 185 Å². The Bertz CT molecular complexity index is 1260. The second kappa shape index (κ2) is 6.39. The van der Waals surface area contributed by atoms with Gasteiger partial charge in [-0.2, -0.15) is 0 Å². The Kier molecular flexibility index (Phi) is 3.79. The lowest BCUT2D eigenvalue weighted by Crippen LogP contribution is -2.51. The molecule has 3 aliphatic carbocycles. The average Bonchev–Trinajstić information content (AvgIpc) is 3.06. The van der Waals surface area contributed by atoms with Crippen LogP contribution in [0.15, 0.2) is 72.8 Å². The van der Waals surface area contributed by atoms with E-state index < -0.39 is 23.2 Å². The third kappa shape index (κ3) is 2.25. The van der Waals surface area contributed by atoms with Gasteiger partial charge in [-0.05, 0) is 46.5 Å². The third-order valence-electron chi connectivity index (χ3n) is 7.40. The predicted octanol–water partition coefficient (Wildman–Crippen LogP) is 4.18. The first-order valence-electron chi connectivity index (χ1n) is 10.8. The molecule has 5 nitrogen and oxygen atoms in total. The molecule has 3 aromatic rings. The number of hydrogen-bond donors (Lipinski definition) is 0. The normalized spacial score (nSPS) is 27.1. The van der Waals surface area contributed by atoms with Gasteiger partial charge in [-0.3, -0.25) is 14.4 Å². The van der Waals surface area contributed by atoms with Crippen LogP contribution in [0.25, 0.3) is 0 Å². The average molecular weight is 423 g/mol. The van der Waals surface area contributed by atoms with Crippen molar-refractivity contribution in [1.29, 1.82) is 0 Å². The molecule has 0 radical (unpaired) electrons. The number of nitrogens with zero attached hydrogens (tertiary/aromatic N) is 1. The van der Waals surface area contributed by atoms with Crippen LogP contribution in [0.5, 0.6) is 5.75 Å². The van der Waals surface area contributed by atoms with Crippen LogP contribution in [0.1, 0.15) is 42.0 Å². The van der Waals surface area contributed by atoms with E-state index in [1.807, 2.05) is 24.3 Å². The molecule has 1 heterocycles. The highest BCUT2D eigenvalue weighted by Gasteiger charge is 2.66. The van der Waals surface area contributed by atoms with Crippen molar-refractivity contribution in [2.45, 2.75) is 25.2 Å². The van der Waals surface area contributed by atoms with Crippen molar-refractivity contribution < 1.29 is 19.1 Å². The zero-order valence-corrected chi connectivity index (χ0v) is 17.7. The molecule has 1 saturated heterocycles. The fourth-order valence-corrected chi connectivity index (χ4v) is 6.23. The summed E-state index contributed by atoms with van der Waals surface area (Å²) in [5.41, 5.74) is 4.48. The van der Waals surface area contributed by atoms with Crippen molar-refractivity contribution in [3.05, 3.63) is 95.1 Å². The van der Waals surface area contributed by atoms with Crippen molar-refractivity contribution in [2.24, 2.45) is 11.8 Å². The topological polar surface area (TPSA) is 63.7 Å². The number of benzene rings is 3. The van der Waals surface area contributed by atoms with Crippen LogP contribution < -0.4 is 9.64 Å². The van der Waals surface area contributed by atoms with E-state index in [2.05, 4.69) is 31.2 Å². The predicted molar refractivity (Wildman–Crippen MR) is 118 cm³/mol.